The maximum Gasteiger partial charge on any atom is 0.220 e. The highest BCUT2D eigenvalue weighted by Gasteiger charge is 2.12. The Morgan fingerprint density at radius 3 is 2.77 bits per heavy atom. The van der Waals surface area contributed by atoms with Gasteiger partial charge in [-0.3, -0.25) is 0 Å². The minimum atomic E-state index is -0.885. The van der Waals surface area contributed by atoms with Crippen LogP contribution in [-0.4, -0.2) is 18.7 Å². The summed E-state index contributed by atoms with van der Waals surface area (Å²) in [6.07, 6.45) is 0. The number of ether oxygens (including phenoxy) is 1. The minimum Gasteiger partial charge on any atom is -0.383 e. The molecule has 0 aliphatic rings. The molecule has 0 saturated heterocycles. The third-order valence-corrected chi connectivity index (χ3v) is 1.59. The molecule has 0 radical (unpaired) electrons. The summed E-state index contributed by atoms with van der Waals surface area (Å²) in [6.45, 7) is 0.171. The average Bonchev–Trinajstić information content (AvgIpc) is 2.04. The first-order chi connectivity index (χ1) is 6.15. The second-order valence-corrected chi connectivity index (χ2v) is 2.58. The molecule has 0 aliphatic heterocycles. The second kappa shape index (κ2) is 4.25. The maximum atomic E-state index is 12.9. The lowest BCUT2D eigenvalue weighted by molar-refractivity contribution is 0.179. The van der Waals surface area contributed by atoms with Gasteiger partial charge in [0.25, 0.3) is 0 Å². The molecule has 5 heteroatoms. The summed E-state index contributed by atoms with van der Waals surface area (Å²) in [5.41, 5.74) is 5.68. The summed E-state index contributed by atoms with van der Waals surface area (Å²) in [7, 11) is 1.45. The lowest BCUT2D eigenvalue weighted by Crippen LogP contribution is -2.18. The smallest absolute Gasteiger partial charge is 0.220 e. The van der Waals surface area contributed by atoms with E-state index in [-0.39, 0.29) is 12.2 Å². The number of halogens is 2. The number of pyridine rings is 1. The summed E-state index contributed by atoms with van der Waals surface area (Å²) < 4.78 is 30.0. The first kappa shape index (κ1) is 10.0. The number of hydrogen-bond acceptors (Lipinski definition) is 3. The molecule has 0 saturated carbocycles. The van der Waals surface area contributed by atoms with Crippen LogP contribution in [-0.2, 0) is 4.74 Å². The van der Waals surface area contributed by atoms with Crippen LogP contribution in [0.3, 0.4) is 0 Å². The Bertz CT molecular complexity index is 293. The van der Waals surface area contributed by atoms with Gasteiger partial charge in [0.05, 0.1) is 12.6 Å². The Balaban J connectivity index is 2.88. The molecule has 1 heterocycles. The largest absolute Gasteiger partial charge is 0.383 e. The van der Waals surface area contributed by atoms with Crippen LogP contribution in [0.15, 0.2) is 12.1 Å². The fraction of sp³-hybridized carbons (Fsp3) is 0.375. The van der Waals surface area contributed by atoms with Crippen molar-refractivity contribution in [3.8, 4) is 0 Å². The molecular weight excluding hydrogens is 178 g/mol. The Hall–Kier alpha value is -1.07. The van der Waals surface area contributed by atoms with E-state index in [0.29, 0.717) is 0 Å². The van der Waals surface area contributed by atoms with Gasteiger partial charge in [0.2, 0.25) is 11.9 Å². The lowest BCUT2D eigenvalue weighted by Gasteiger charge is -2.10. The fourth-order valence-corrected chi connectivity index (χ4v) is 0.969. The summed E-state index contributed by atoms with van der Waals surface area (Å²) in [5, 5.41) is 0. The van der Waals surface area contributed by atoms with Gasteiger partial charge in [-0.25, -0.2) is 0 Å². The summed E-state index contributed by atoms with van der Waals surface area (Å²) in [6, 6.07) is 1.72. The zero-order valence-corrected chi connectivity index (χ0v) is 7.13. The molecule has 1 rings (SSSR count). The van der Waals surface area contributed by atoms with E-state index in [4.69, 9.17) is 10.5 Å². The van der Waals surface area contributed by atoms with Crippen LogP contribution in [0.25, 0.3) is 0 Å². The van der Waals surface area contributed by atoms with E-state index in [0.717, 1.165) is 6.07 Å². The van der Waals surface area contributed by atoms with Crippen molar-refractivity contribution in [2.75, 3.05) is 13.7 Å². The van der Waals surface area contributed by atoms with Crippen molar-refractivity contribution in [3.63, 3.8) is 0 Å². The van der Waals surface area contributed by atoms with Crippen LogP contribution in [0.2, 0.25) is 0 Å². The molecule has 0 aromatic carbocycles. The third-order valence-electron chi connectivity index (χ3n) is 1.59. The van der Waals surface area contributed by atoms with Crippen LogP contribution in [0.4, 0.5) is 8.78 Å². The van der Waals surface area contributed by atoms with E-state index in [2.05, 4.69) is 4.98 Å². The molecule has 0 fully saturated rings. The number of rotatable bonds is 3. The topological polar surface area (TPSA) is 48.1 Å². The van der Waals surface area contributed by atoms with Gasteiger partial charge in [-0.2, -0.15) is 13.8 Å². The quantitative estimate of drug-likeness (QED) is 0.720. The highest BCUT2D eigenvalue weighted by molar-refractivity contribution is 5.15. The standard InChI is InChI=1S/C8H10F2N2O/c1-13-4-6(11)5-2-3-7(9)12-8(5)10/h2-3,6H,4,11H2,1H3. The van der Waals surface area contributed by atoms with Gasteiger partial charge in [0.15, 0.2) is 0 Å². The zero-order chi connectivity index (χ0) is 9.84. The lowest BCUT2D eigenvalue weighted by atomic mass is 10.1. The van der Waals surface area contributed by atoms with Crippen molar-refractivity contribution in [2.45, 2.75) is 6.04 Å². The van der Waals surface area contributed by atoms with E-state index >= 15 is 0 Å². The monoisotopic (exact) mass is 188 g/mol. The van der Waals surface area contributed by atoms with Crippen LogP contribution < -0.4 is 5.73 Å². The SMILES string of the molecule is COCC(N)c1ccc(F)nc1F. The number of aromatic nitrogens is 1. The van der Waals surface area contributed by atoms with Crippen LogP contribution in [0.5, 0.6) is 0 Å². The molecule has 1 aromatic heterocycles. The minimum absolute atomic E-state index is 0.156. The molecule has 0 bridgehead atoms. The van der Waals surface area contributed by atoms with Gasteiger partial charge < -0.3 is 10.5 Å². The van der Waals surface area contributed by atoms with E-state index in [1.807, 2.05) is 0 Å². The van der Waals surface area contributed by atoms with Gasteiger partial charge in [0.1, 0.15) is 0 Å². The average molecular weight is 188 g/mol. The highest BCUT2D eigenvalue weighted by atomic mass is 19.1. The molecule has 1 aromatic rings. The third kappa shape index (κ3) is 2.43. The van der Waals surface area contributed by atoms with Gasteiger partial charge in [-0.15, -0.1) is 0 Å². The molecule has 0 aliphatic carbocycles. The van der Waals surface area contributed by atoms with E-state index in [1.54, 1.807) is 0 Å². The van der Waals surface area contributed by atoms with E-state index in [1.165, 1.54) is 13.2 Å². The highest BCUT2D eigenvalue weighted by Crippen LogP contribution is 2.13. The predicted octanol–water partition coefficient (Wildman–Crippen LogP) is 1.01. The molecular formula is C8H10F2N2O. The molecule has 72 valence electrons. The van der Waals surface area contributed by atoms with Gasteiger partial charge in [0, 0.05) is 12.7 Å². The zero-order valence-electron chi connectivity index (χ0n) is 7.13. The molecule has 1 atom stereocenters. The Labute approximate surface area is 74.5 Å². The maximum absolute atomic E-state index is 12.9. The van der Waals surface area contributed by atoms with E-state index < -0.39 is 17.9 Å². The van der Waals surface area contributed by atoms with Gasteiger partial charge in [-0.1, -0.05) is 0 Å². The van der Waals surface area contributed by atoms with Crippen LogP contribution in [0.1, 0.15) is 11.6 Å². The van der Waals surface area contributed by atoms with Crippen molar-refractivity contribution >= 4 is 0 Å². The van der Waals surface area contributed by atoms with Gasteiger partial charge in [-0.05, 0) is 12.1 Å². The van der Waals surface area contributed by atoms with Crippen molar-refractivity contribution in [1.82, 2.24) is 4.98 Å². The van der Waals surface area contributed by atoms with Crippen molar-refractivity contribution < 1.29 is 13.5 Å². The summed E-state index contributed by atoms with van der Waals surface area (Å²) in [5.74, 6) is -1.74. The molecule has 13 heavy (non-hydrogen) atoms. The second-order valence-electron chi connectivity index (χ2n) is 2.58. The first-order valence-corrected chi connectivity index (χ1v) is 3.71. The molecule has 1 unspecified atom stereocenters. The van der Waals surface area contributed by atoms with E-state index in [9.17, 15) is 8.78 Å². The number of hydrogen-bond donors (Lipinski definition) is 1. The molecule has 0 spiro atoms. The van der Waals surface area contributed by atoms with Crippen LogP contribution >= 0.6 is 0 Å². The molecule has 0 amide bonds. The molecule has 2 N–H and O–H groups in total. The summed E-state index contributed by atoms with van der Waals surface area (Å²) in [4.78, 5) is 3.01. The normalized spacial score (nSPS) is 12.9. The van der Waals surface area contributed by atoms with Crippen molar-refractivity contribution in [2.24, 2.45) is 5.73 Å². The van der Waals surface area contributed by atoms with Crippen molar-refractivity contribution in [1.29, 1.82) is 0 Å². The van der Waals surface area contributed by atoms with Gasteiger partial charge >= 0.3 is 0 Å². The predicted molar refractivity (Wildman–Crippen MR) is 43.0 cm³/mol. The Morgan fingerprint density at radius 2 is 2.23 bits per heavy atom. The fourth-order valence-electron chi connectivity index (χ4n) is 0.969. The number of nitrogens with zero attached hydrogens (tertiary/aromatic N) is 1. The number of nitrogens with two attached hydrogens (primary N) is 1. The Morgan fingerprint density at radius 1 is 1.54 bits per heavy atom. The van der Waals surface area contributed by atoms with Crippen LogP contribution in [0, 0.1) is 11.9 Å². The molecule has 3 nitrogen and oxygen atoms in total. The number of methoxy groups -OCH3 is 1. The Kier molecular flexibility index (Phi) is 3.27. The first-order valence-electron chi connectivity index (χ1n) is 3.71. The summed E-state index contributed by atoms with van der Waals surface area (Å²) >= 11 is 0. The van der Waals surface area contributed by atoms with Crippen molar-refractivity contribution in [3.05, 3.63) is 29.6 Å².